The van der Waals surface area contributed by atoms with Gasteiger partial charge in [0, 0.05) is 11.5 Å². The molecule has 1 atom stereocenters. The largest absolute Gasteiger partial charge is 0.300 e. The van der Waals surface area contributed by atoms with Crippen molar-refractivity contribution in [2.24, 2.45) is 11.8 Å². The molecule has 2 nitrogen and oxygen atoms in total. The lowest BCUT2D eigenvalue weighted by Gasteiger charge is -2.28. The molecule has 176 valence electrons. The highest BCUT2D eigenvalue weighted by Gasteiger charge is 2.26. The van der Waals surface area contributed by atoms with Crippen molar-refractivity contribution in [3.05, 3.63) is 36.5 Å². The first-order valence-electron chi connectivity index (χ1n) is 12.3. The monoisotopic (exact) mass is 420 g/mol. The fourth-order valence-electron chi connectivity index (χ4n) is 3.24. The van der Waals surface area contributed by atoms with Crippen LogP contribution in [0.25, 0.3) is 0 Å². The second kappa shape index (κ2) is 25.6. The molecule has 1 rings (SSSR count). The lowest BCUT2D eigenvalue weighted by molar-refractivity contribution is -0.123. The zero-order chi connectivity index (χ0) is 23.8. The normalized spacial score (nSPS) is 14.5. The summed E-state index contributed by atoms with van der Waals surface area (Å²) in [6.07, 6.45) is 20.1. The fraction of sp³-hybridized carbons (Fsp3) is 0.714. The maximum atomic E-state index is 11.5. The fourth-order valence-corrected chi connectivity index (χ4v) is 3.24. The SMILES string of the molecule is C/C=C\C.C=C(/C=C/CCC)C(C)=O.CC.CCCCC(C(C)=O)C1CCCCC1. The van der Waals surface area contributed by atoms with Gasteiger partial charge in [0.05, 0.1) is 0 Å². The number of hydrogen-bond donors (Lipinski definition) is 0. The molecule has 0 bridgehead atoms. The third-order valence-electron chi connectivity index (χ3n) is 5.17. The molecular weight excluding hydrogens is 368 g/mol. The van der Waals surface area contributed by atoms with Crippen LogP contribution >= 0.6 is 0 Å². The predicted octanol–water partition coefficient (Wildman–Crippen LogP) is 9.06. The van der Waals surface area contributed by atoms with E-state index in [0.717, 1.165) is 19.3 Å². The summed E-state index contributed by atoms with van der Waals surface area (Å²) in [6.45, 7) is 19.2. The molecule has 0 radical (unpaired) electrons. The highest BCUT2D eigenvalue weighted by Crippen LogP contribution is 2.33. The topological polar surface area (TPSA) is 34.1 Å². The van der Waals surface area contributed by atoms with Crippen molar-refractivity contribution in [3.8, 4) is 0 Å². The molecule has 0 N–H and O–H groups in total. The number of carbonyl (C=O) groups excluding carboxylic acids is 2. The summed E-state index contributed by atoms with van der Waals surface area (Å²) in [5, 5.41) is 0. The van der Waals surface area contributed by atoms with E-state index in [1.165, 1.54) is 51.9 Å². The van der Waals surface area contributed by atoms with Crippen molar-refractivity contribution in [1.82, 2.24) is 0 Å². The Hall–Kier alpha value is -1.44. The van der Waals surface area contributed by atoms with Gasteiger partial charge in [-0.15, -0.1) is 0 Å². The number of allylic oxidation sites excluding steroid dienone is 5. The van der Waals surface area contributed by atoms with E-state index in [-0.39, 0.29) is 5.78 Å². The maximum Gasteiger partial charge on any atom is 0.159 e. The number of unbranched alkanes of at least 4 members (excludes halogenated alkanes) is 2. The maximum absolute atomic E-state index is 11.5. The molecular formula is C28H52O2. The Morgan fingerprint density at radius 1 is 0.967 bits per heavy atom. The minimum atomic E-state index is 0.0485. The molecule has 2 heteroatoms. The number of rotatable bonds is 9. The summed E-state index contributed by atoms with van der Waals surface area (Å²) in [6, 6.07) is 0. The first-order valence-corrected chi connectivity index (χ1v) is 12.3. The lowest BCUT2D eigenvalue weighted by atomic mass is 9.76. The van der Waals surface area contributed by atoms with E-state index in [0.29, 0.717) is 23.2 Å². The van der Waals surface area contributed by atoms with Gasteiger partial charge in [-0.3, -0.25) is 9.59 Å². The lowest BCUT2D eigenvalue weighted by Crippen LogP contribution is -2.24. The van der Waals surface area contributed by atoms with Crippen LogP contribution in [0.1, 0.15) is 120 Å². The third kappa shape index (κ3) is 21.3. The Morgan fingerprint density at radius 3 is 1.87 bits per heavy atom. The third-order valence-corrected chi connectivity index (χ3v) is 5.17. The van der Waals surface area contributed by atoms with Crippen LogP contribution in [0.2, 0.25) is 0 Å². The van der Waals surface area contributed by atoms with Crippen molar-refractivity contribution in [2.45, 2.75) is 120 Å². The quantitative estimate of drug-likeness (QED) is 0.212. The van der Waals surface area contributed by atoms with E-state index < -0.39 is 0 Å². The summed E-state index contributed by atoms with van der Waals surface area (Å²) >= 11 is 0. The van der Waals surface area contributed by atoms with E-state index in [1.54, 1.807) is 13.0 Å². The number of Topliss-reactive ketones (excluding diaryl/α,β-unsaturated/α-hetero) is 2. The molecule has 0 saturated heterocycles. The van der Waals surface area contributed by atoms with Crippen LogP contribution in [0.15, 0.2) is 36.5 Å². The summed E-state index contributed by atoms with van der Waals surface area (Å²) in [5.41, 5.74) is 0.591. The summed E-state index contributed by atoms with van der Waals surface area (Å²) < 4.78 is 0. The van der Waals surface area contributed by atoms with Crippen molar-refractivity contribution < 1.29 is 9.59 Å². The Bertz CT molecular complexity index is 461. The van der Waals surface area contributed by atoms with Gasteiger partial charge in [-0.25, -0.2) is 0 Å². The van der Waals surface area contributed by atoms with Crippen LogP contribution in [0, 0.1) is 11.8 Å². The highest BCUT2D eigenvalue weighted by atomic mass is 16.1. The zero-order valence-electron chi connectivity index (χ0n) is 21.6. The minimum absolute atomic E-state index is 0.0485. The van der Waals surface area contributed by atoms with Gasteiger partial charge < -0.3 is 0 Å². The molecule has 0 amide bonds. The van der Waals surface area contributed by atoms with E-state index in [4.69, 9.17) is 0 Å². The molecule has 0 aliphatic heterocycles. The van der Waals surface area contributed by atoms with Gasteiger partial charge in [0.15, 0.2) is 5.78 Å². The molecule has 0 heterocycles. The van der Waals surface area contributed by atoms with Crippen LogP contribution in [0.3, 0.4) is 0 Å². The van der Waals surface area contributed by atoms with Crippen LogP contribution < -0.4 is 0 Å². The molecule has 1 fully saturated rings. The Morgan fingerprint density at radius 2 is 1.50 bits per heavy atom. The summed E-state index contributed by atoms with van der Waals surface area (Å²) in [5.74, 6) is 1.58. The van der Waals surface area contributed by atoms with Crippen molar-refractivity contribution in [1.29, 1.82) is 0 Å². The van der Waals surface area contributed by atoms with E-state index in [1.807, 2.05) is 45.9 Å². The van der Waals surface area contributed by atoms with Crippen LogP contribution in [-0.2, 0) is 9.59 Å². The first kappa shape index (κ1) is 33.2. The highest BCUT2D eigenvalue weighted by molar-refractivity contribution is 5.95. The van der Waals surface area contributed by atoms with Gasteiger partial charge in [0.25, 0.3) is 0 Å². The van der Waals surface area contributed by atoms with Crippen molar-refractivity contribution >= 4 is 11.6 Å². The molecule has 1 saturated carbocycles. The van der Waals surface area contributed by atoms with Gasteiger partial charge in [-0.2, -0.15) is 0 Å². The van der Waals surface area contributed by atoms with E-state index in [2.05, 4.69) is 20.4 Å². The molecule has 0 aromatic carbocycles. The zero-order valence-corrected chi connectivity index (χ0v) is 21.6. The summed E-state index contributed by atoms with van der Waals surface area (Å²) in [4.78, 5) is 22.1. The van der Waals surface area contributed by atoms with Gasteiger partial charge in [-0.05, 0) is 59.3 Å². The van der Waals surface area contributed by atoms with Gasteiger partial charge in [0.2, 0.25) is 0 Å². The van der Waals surface area contributed by atoms with Crippen LogP contribution in [0.5, 0.6) is 0 Å². The molecule has 0 aromatic rings. The average molecular weight is 421 g/mol. The molecule has 1 unspecified atom stereocenters. The predicted molar refractivity (Wildman–Crippen MR) is 136 cm³/mol. The van der Waals surface area contributed by atoms with Crippen molar-refractivity contribution in [3.63, 3.8) is 0 Å². The molecule has 0 aromatic heterocycles. The minimum Gasteiger partial charge on any atom is -0.300 e. The van der Waals surface area contributed by atoms with E-state index in [9.17, 15) is 9.59 Å². The second-order valence-electron chi connectivity index (χ2n) is 7.70. The van der Waals surface area contributed by atoms with Crippen molar-refractivity contribution in [2.75, 3.05) is 0 Å². The first-order chi connectivity index (χ1) is 14.3. The summed E-state index contributed by atoms with van der Waals surface area (Å²) in [7, 11) is 0. The van der Waals surface area contributed by atoms with Crippen LogP contribution in [-0.4, -0.2) is 11.6 Å². The second-order valence-corrected chi connectivity index (χ2v) is 7.70. The Balaban J connectivity index is -0.000000399. The smallest absolute Gasteiger partial charge is 0.159 e. The number of carbonyl (C=O) groups is 2. The molecule has 1 aliphatic rings. The van der Waals surface area contributed by atoms with Gasteiger partial charge in [-0.1, -0.05) is 97.1 Å². The van der Waals surface area contributed by atoms with Crippen LogP contribution in [0.4, 0.5) is 0 Å². The van der Waals surface area contributed by atoms with E-state index >= 15 is 0 Å². The Labute approximate surface area is 189 Å². The molecule has 30 heavy (non-hydrogen) atoms. The Kier molecular flexibility index (Phi) is 28.3. The van der Waals surface area contributed by atoms with Gasteiger partial charge >= 0.3 is 0 Å². The number of ketones is 2. The standard InChI is InChI=1S/C13H24O.C9H14O.C4H8.C2H6/c1-3-4-10-13(11(2)14)12-8-6-5-7-9-12;1-4-5-6-7-8(2)9(3)10;1-3-4-2;1-2/h12-13H,3-10H2,1-2H3;6-7H,2,4-5H2,1,3H3;3-4H,1-2H3;1-2H3/b;7-6+;4-3-;. The molecule has 1 aliphatic carbocycles. The number of hydrogen-bond acceptors (Lipinski definition) is 2. The average Bonchev–Trinajstić information content (AvgIpc) is 2.76. The molecule has 0 spiro atoms. The van der Waals surface area contributed by atoms with Gasteiger partial charge in [0.1, 0.15) is 5.78 Å².